The number of Topliss-reactive ketones (excluding diaryl/α,β-unsaturated/α-hetero) is 1. The zero-order valence-corrected chi connectivity index (χ0v) is 16.8. The van der Waals surface area contributed by atoms with Crippen molar-refractivity contribution >= 4 is 11.8 Å². The molecule has 0 fully saturated rings. The fourth-order valence-corrected chi connectivity index (χ4v) is 3.44. The van der Waals surface area contributed by atoms with Gasteiger partial charge in [0.25, 0.3) is 0 Å². The van der Waals surface area contributed by atoms with Crippen molar-refractivity contribution in [1.29, 1.82) is 0 Å². The fourth-order valence-electron chi connectivity index (χ4n) is 3.44. The van der Waals surface area contributed by atoms with Crippen molar-refractivity contribution in [3.8, 4) is 17.2 Å². The van der Waals surface area contributed by atoms with E-state index in [0.717, 1.165) is 11.1 Å². The quantitative estimate of drug-likeness (QED) is 0.619. The Morgan fingerprint density at radius 1 is 1.25 bits per heavy atom. The molecule has 0 aliphatic carbocycles. The molecule has 1 atom stereocenters. The summed E-state index contributed by atoms with van der Waals surface area (Å²) in [6.07, 6.45) is -0.653. The van der Waals surface area contributed by atoms with Crippen LogP contribution in [0.1, 0.15) is 63.9 Å². The van der Waals surface area contributed by atoms with Gasteiger partial charge in [-0.25, -0.2) is 4.79 Å². The lowest BCUT2D eigenvalue weighted by molar-refractivity contribution is 0.0290. The SMILES string of the molecule is COc1c(C(=O)CC(C)C)ccc2c1C(=O)OC(N)c1cc(C)cc(C)c1O2. The lowest BCUT2D eigenvalue weighted by Crippen LogP contribution is -2.23. The van der Waals surface area contributed by atoms with Crippen LogP contribution in [0.4, 0.5) is 0 Å². The summed E-state index contributed by atoms with van der Waals surface area (Å²) < 4.78 is 17.0. The third-order valence-corrected chi connectivity index (χ3v) is 4.62. The summed E-state index contributed by atoms with van der Waals surface area (Å²) in [4.78, 5) is 25.5. The van der Waals surface area contributed by atoms with Gasteiger partial charge in [-0.1, -0.05) is 25.5 Å². The van der Waals surface area contributed by atoms with Crippen LogP contribution in [0.25, 0.3) is 0 Å². The van der Waals surface area contributed by atoms with Crippen molar-refractivity contribution in [3.05, 3.63) is 52.1 Å². The first kappa shape index (κ1) is 19.9. The average molecular weight is 383 g/mol. The van der Waals surface area contributed by atoms with Gasteiger partial charge in [0.15, 0.2) is 12.0 Å². The number of benzene rings is 2. The van der Waals surface area contributed by atoms with E-state index in [9.17, 15) is 9.59 Å². The van der Waals surface area contributed by atoms with Crippen LogP contribution >= 0.6 is 0 Å². The van der Waals surface area contributed by atoms with E-state index in [4.69, 9.17) is 19.9 Å². The number of cyclic esters (lactones) is 1. The van der Waals surface area contributed by atoms with E-state index < -0.39 is 12.2 Å². The molecule has 6 heteroatoms. The maximum atomic E-state index is 12.9. The smallest absolute Gasteiger partial charge is 0.347 e. The van der Waals surface area contributed by atoms with Crippen LogP contribution in [0.15, 0.2) is 24.3 Å². The average Bonchev–Trinajstić information content (AvgIpc) is 2.61. The Bertz CT molecular complexity index is 948. The number of carbonyl (C=O) groups excluding carboxylic acids is 2. The topological polar surface area (TPSA) is 87.9 Å². The van der Waals surface area contributed by atoms with Gasteiger partial charge >= 0.3 is 5.97 Å². The Morgan fingerprint density at radius 3 is 2.61 bits per heavy atom. The molecular formula is C22H25NO5. The molecule has 6 nitrogen and oxygen atoms in total. The Labute approximate surface area is 164 Å². The molecule has 0 saturated carbocycles. The molecule has 0 amide bonds. The minimum atomic E-state index is -0.992. The number of hydrogen-bond acceptors (Lipinski definition) is 6. The number of nitrogens with two attached hydrogens (primary N) is 1. The van der Waals surface area contributed by atoms with E-state index >= 15 is 0 Å². The van der Waals surface area contributed by atoms with Crippen molar-refractivity contribution < 1.29 is 23.8 Å². The van der Waals surface area contributed by atoms with E-state index in [1.807, 2.05) is 39.8 Å². The second kappa shape index (κ2) is 7.64. The molecule has 2 aromatic rings. The van der Waals surface area contributed by atoms with Crippen molar-refractivity contribution in [2.75, 3.05) is 7.11 Å². The minimum Gasteiger partial charge on any atom is -0.495 e. The van der Waals surface area contributed by atoms with Crippen LogP contribution in [0.2, 0.25) is 0 Å². The zero-order valence-electron chi connectivity index (χ0n) is 16.8. The van der Waals surface area contributed by atoms with E-state index in [0.29, 0.717) is 23.3 Å². The van der Waals surface area contributed by atoms with Crippen molar-refractivity contribution in [1.82, 2.24) is 0 Å². The molecule has 3 rings (SSSR count). The predicted octanol–water partition coefficient (Wildman–Crippen LogP) is 4.46. The summed E-state index contributed by atoms with van der Waals surface area (Å²) in [6.45, 7) is 7.75. The third kappa shape index (κ3) is 3.60. The van der Waals surface area contributed by atoms with Gasteiger partial charge in [0.05, 0.1) is 18.2 Å². The summed E-state index contributed by atoms with van der Waals surface area (Å²) in [5, 5.41) is 0. The Balaban J connectivity index is 2.19. The molecule has 0 bridgehead atoms. The van der Waals surface area contributed by atoms with E-state index in [-0.39, 0.29) is 28.8 Å². The number of hydrogen-bond donors (Lipinski definition) is 1. The first-order valence-corrected chi connectivity index (χ1v) is 9.22. The molecule has 0 aromatic heterocycles. The summed E-state index contributed by atoms with van der Waals surface area (Å²) in [7, 11) is 1.41. The van der Waals surface area contributed by atoms with Gasteiger partial charge < -0.3 is 14.2 Å². The van der Waals surface area contributed by atoms with Gasteiger partial charge in [-0.2, -0.15) is 0 Å². The number of fused-ring (bicyclic) bond motifs is 2. The summed E-state index contributed by atoms with van der Waals surface area (Å²) in [5.41, 5.74) is 8.97. The molecule has 1 aliphatic rings. The van der Waals surface area contributed by atoms with Gasteiger partial charge in [0, 0.05) is 6.42 Å². The van der Waals surface area contributed by atoms with Crippen LogP contribution in [-0.2, 0) is 4.74 Å². The molecule has 28 heavy (non-hydrogen) atoms. The Morgan fingerprint density at radius 2 is 1.96 bits per heavy atom. The lowest BCUT2D eigenvalue weighted by Gasteiger charge is -2.25. The molecule has 1 heterocycles. The number of carbonyl (C=O) groups is 2. The Hall–Kier alpha value is -2.86. The van der Waals surface area contributed by atoms with Crippen LogP contribution in [0.5, 0.6) is 17.2 Å². The largest absolute Gasteiger partial charge is 0.495 e. The van der Waals surface area contributed by atoms with Crippen LogP contribution in [-0.4, -0.2) is 18.9 Å². The highest BCUT2D eigenvalue weighted by Gasteiger charge is 2.31. The lowest BCUT2D eigenvalue weighted by atomic mass is 9.97. The van der Waals surface area contributed by atoms with Gasteiger partial charge in [-0.05, 0) is 43.5 Å². The number of ketones is 1. The highest BCUT2D eigenvalue weighted by molar-refractivity contribution is 6.05. The van der Waals surface area contributed by atoms with Crippen LogP contribution in [0, 0.1) is 19.8 Å². The summed E-state index contributed by atoms with van der Waals surface area (Å²) >= 11 is 0. The summed E-state index contributed by atoms with van der Waals surface area (Å²) in [5.74, 6) is 0.324. The number of ether oxygens (including phenoxy) is 3. The molecule has 1 aliphatic heterocycles. The molecule has 148 valence electrons. The molecular weight excluding hydrogens is 358 g/mol. The fraction of sp³-hybridized carbons (Fsp3) is 0.364. The first-order chi connectivity index (χ1) is 13.2. The Kier molecular flexibility index (Phi) is 5.42. The first-order valence-electron chi connectivity index (χ1n) is 9.22. The number of rotatable bonds is 4. The maximum Gasteiger partial charge on any atom is 0.347 e. The molecule has 0 radical (unpaired) electrons. The number of methoxy groups -OCH3 is 1. The maximum absolute atomic E-state index is 12.9. The second-order valence-electron chi connectivity index (χ2n) is 7.47. The highest BCUT2D eigenvalue weighted by atomic mass is 16.6. The normalized spacial score (nSPS) is 15.7. The van der Waals surface area contributed by atoms with Crippen molar-refractivity contribution in [2.24, 2.45) is 11.7 Å². The molecule has 0 saturated heterocycles. The van der Waals surface area contributed by atoms with Crippen molar-refractivity contribution in [3.63, 3.8) is 0 Å². The van der Waals surface area contributed by atoms with Gasteiger partial charge in [0.2, 0.25) is 0 Å². The number of esters is 1. The predicted molar refractivity (Wildman–Crippen MR) is 105 cm³/mol. The zero-order chi connectivity index (χ0) is 20.6. The summed E-state index contributed by atoms with van der Waals surface area (Å²) in [6, 6.07) is 7.03. The van der Waals surface area contributed by atoms with Crippen LogP contribution < -0.4 is 15.2 Å². The van der Waals surface area contributed by atoms with Crippen molar-refractivity contribution in [2.45, 2.75) is 40.3 Å². The van der Waals surface area contributed by atoms with Gasteiger partial charge in [-0.3, -0.25) is 10.5 Å². The molecule has 2 aromatic carbocycles. The van der Waals surface area contributed by atoms with Gasteiger partial charge in [-0.15, -0.1) is 0 Å². The second-order valence-corrected chi connectivity index (χ2v) is 7.47. The number of aryl methyl sites for hydroxylation is 2. The monoisotopic (exact) mass is 383 g/mol. The molecule has 0 spiro atoms. The highest BCUT2D eigenvalue weighted by Crippen LogP contribution is 2.42. The van der Waals surface area contributed by atoms with E-state index in [1.165, 1.54) is 7.11 Å². The molecule has 1 unspecified atom stereocenters. The standard InChI is InChI=1S/C22H25NO5/c1-11(2)8-16(24)14-6-7-17-18(20(14)26-5)22(25)28-21(23)15-10-12(3)9-13(4)19(15)27-17/h6-7,9-11,21H,8,23H2,1-5H3. The van der Waals surface area contributed by atoms with E-state index in [1.54, 1.807) is 12.1 Å². The van der Waals surface area contributed by atoms with Crippen LogP contribution in [0.3, 0.4) is 0 Å². The molecule has 2 N–H and O–H groups in total. The van der Waals surface area contributed by atoms with Gasteiger partial charge in [0.1, 0.15) is 22.8 Å². The third-order valence-electron chi connectivity index (χ3n) is 4.62. The minimum absolute atomic E-state index is 0.0678. The van der Waals surface area contributed by atoms with E-state index in [2.05, 4.69) is 0 Å².